The third kappa shape index (κ3) is 3.51. The number of nitriles is 1. The van der Waals surface area contributed by atoms with Crippen LogP contribution in [0.4, 0.5) is 4.39 Å². The van der Waals surface area contributed by atoms with Gasteiger partial charge < -0.3 is 9.57 Å². The van der Waals surface area contributed by atoms with E-state index in [1.165, 1.54) is 6.07 Å². The largest absolute Gasteiger partial charge is 0.461 e. The predicted molar refractivity (Wildman–Crippen MR) is 36.7 cm³/mol. The maximum absolute atomic E-state index is 11.3. The molecule has 0 aliphatic heterocycles. The van der Waals surface area contributed by atoms with Crippen molar-refractivity contribution in [3.63, 3.8) is 0 Å². The van der Waals surface area contributed by atoms with E-state index in [9.17, 15) is 9.18 Å². The molecule has 0 saturated carbocycles. The van der Waals surface area contributed by atoms with Crippen molar-refractivity contribution in [2.24, 2.45) is 5.16 Å². The molecule has 0 aliphatic rings. The van der Waals surface area contributed by atoms with E-state index in [-0.39, 0.29) is 6.61 Å². The van der Waals surface area contributed by atoms with Crippen molar-refractivity contribution in [3.05, 3.63) is 0 Å². The molecule has 0 fully saturated rings. The number of hydrogen-bond acceptors (Lipinski definition) is 5. The number of nitrogens with zero attached hydrogens (tertiary/aromatic N) is 2. The van der Waals surface area contributed by atoms with Gasteiger partial charge in [0.25, 0.3) is 12.6 Å². The van der Waals surface area contributed by atoms with Crippen molar-refractivity contribution in [1.82, 2.24) is 0 Å². The molecule has 0 aromatic heterocycles. The first-order valence-corrected chi connectivity index (χ1v) is 3.09. The molecule has 0 amide bonds. The molecule has 0 heterocycles. The SMILES string of the molecule is CCOC(=O)/C(C#N)=N\OCF. The monoisotopic (exact) mass is 174 g/mol. The number of carbonyl (C=O) groups excluding carboxylic acids is 1. The number of rotatable bonds is 4. The Morgan fingerprint density at radius 3 is 2.83 bits per heavy atom. The van der Waals surface area contributed by atoms with Gasteiger partial charge in [0, 0.05) is 0 Å². The van der Waals surface area contributed by atoms with E-state index in [1.807, 2.05) is 0 Å². The summed E-state index contributed by atoms with van der Waals surface area (Å²) >= 11 is 0. The Kier molecular flexibility index (Phi) is 5.26. The minimum atomic E-state index is -1.19. The van der Waals surface area contributed by atoms with Gasteiger partial charge in [0.1, 0.15) is 6.07 Å². The van der Waals surface area contributed by atoms with E-state index in [0.29, 0.717) is 0 Å². The van der Waals surface area contributed by atoms with Crippen LogP contribution in [0.1, 0.15) is 6.92 Å². The Bertz CT molecular complexity index is 221. The van der Waals surface area contributed by atoms with Crippen LogP contribution >= 0.6 is 0 Å². The summed E-state index contributed by atoms with van der Waals surface area (Å²) in [6.45, 7) is 0.503. The van der Waals surface area contributed by atoms with Crippen molar-refractivity contribution in [1.29, 1.82) is 5.26 Å². The normalized spacial score (nSPS) is 10.2. The second-order valence-corrected chi connectivity index (χ2v) is 1.51. The smallest absolute Gasteiger partial charge is 0.371 e. The molecule has 0 N–H and O–H groups in total. The molecule has 66 valence electrons. The summed E-state index contributed by atoms with van der Waals surface area (Å²) in [5.74, 6) is -0.923. The second-order valence-electron chi connectivity index (χ2n) is 1.51. The van der Waals surface area contributed by atoms with Gasteiger partial charge in [0.05, 0.1) is 6.61 Å². The summed E-state index contributed by atoms with van der Waals surface area (Å²) in [6, 6.07) is 1.41. The highest BCUT2D eigenvalue weighted by atomic mass is 19.1. The Labute approximate surface area is 68.4 Å². The summed E-state index contributed by atoms with van der Waals surface area (Å²) in [6.07, 6.45) is 0. The van der Waals surface area contributed by atoms with Crippen molar-refractivity contribution in [2.45, 2.75) is 6.92 Å². The molecule has 0 aromatic carbocycles. The van der Waals surface area contributed by atoms with Gasteiger partial charge in [-0.1, -0.05) is 5.16 Å². The summed E-state index contributed by atoms with van der Waals surface area (Å²) in [4.78, 5) is 14.6. The number of esters is 1. The predicted octanol–water partition coefficient (Wildman–Crippen LogP) is 0.373. The third-order valence-corrected chi connectivity index (χ3v) is 0.779. The van der Waals surface area contributed by atoms with E-state index in [2.05, 4.69) is 14.7 Å². The van der Waals surface area contributed by atoms with E-state index in [1.54, 1.807) is 6.92 Å². The van der Waals surface area contributed by atoms with E-state index in [4.69, 9.17) is 5.26 Å². The van der Waals surface area contributed by atoms with Crippen molar-refractivity contribution >= 4 is 11.7 Å². The molecule has 0 bridgehead atoms. The first-order valence-electron chi connectivity index (χ1n) is 3.09. The standard InChI is InChI=1S/C6H7FN2O3/c1-2-11-6(10)5(3-8)9-12-4-7/h2,4H2,1H3/b9-5-. The molecular weight excluding hydrogens is 167 g/mol. The topological polar surface area (TPSA) is 71.7 Å². The fourth-order valence-electron chi connectivity index (χ4n) is 0.392. The van der Waals surface area contributed by atoms with E-state index >= 15 is 0 Å². The first-order chi connectivity index (χ1) is 5.76. The Balaban J connectivity index is 4.16. The highest BCUT2D eigenvalue weighted by Crippen LogP contribution is 1.86. The molecule has 0 rings (SSSR count). The van der Waals surface area contributed by atoms with Gasteiger partial charge >= 0.3 is 5.97 Å². The molecule has 0 aromatic rings. The number of carbonyl (C=O) groups is 1. The van der Waals surface area contributed by atoms with Gasteiger partial charge in [-0.3, -0.25) is 0 Å². The van der Waals surface area contributed by atoms with Gasteiger partial charge in [0.2, 0.25) is 0 Å². The molecule has 0 radical (unpaired) electrons. The molecule has 5 nitrogen and oxygen atoms in total. The number of oxime groups is 1. The lowest BCUT2D eigenvalue weighted by Gasteiger charge is -1.96. The van der Waals surface area contributed by atoms with Crippen molar-refractivity contribution in [2.75, 3.05) is 13.5 Å². The molecule has 0 saturated heterocycles. The van der Waals surface area contributed by atoms with Crippen LogP contribution in [0.3, 0.4) is 0 Å². The zero-order valence-corrected chi connectivity index (χ0v) is 6.41. The summed E-state index contributed by atoms with van der Waals surface area (Å²) in [7, 11) is 0. The first kappa shape index (κ1) is 10.4. The van der Waals surface area contributed by atoms with Crippen LogP contribution in [-0.2, 0) is 14.4 Å². The fourth-order valence-corrected chi connectivity index (χ4v) is 0.392. The summed E-state index contributed by atoms with van der Waals surface area (Å²) in [5.41, 5.74) is -0.602. The number of alkyl halides is 1. The zero-order valence-electron chi connectivity index (χ0n) is 6.41. The van der Waals surface area contributed by atoms with Crippen LogP contribution in [0, 0.1) is 11.3 Å². The average molecular weight is 174 g/mol. The maximum Gasteiger partial charge on any atom is 0.371 e. The lowest BCUT2D eigenvalue weighted by molar-refractivity contribution is -0.135. The molecule has 12 heavy (non-hydrogen) atoms. The van der Waals surface area contributed by atoms with Gasteiger partial charge in [-0.15, -0.1) is 0 Å². The van der Waals surface area contributed by atoms with Crippen LogP contribution in [-0.4, -0.2) is 25.1 Å². The van der Waals surface area contributed by atoms with Crippen LogP contribution in [0.15, 0.2) is 5.16 Å². The van der Waals surface area contributed by atoms with Crippen LogP contribution < -0.4 is 0 Å². The van der Waals surface area contributed by atoms with Crippen molar-refractivity contribution < 1.29 is 18.8 Å². The minimum Gasteiger partial charge on any atom is -0.461 e. The molecule has 0 spiro atoms. The Hall–Kier alpha value is -1.64. The second kappa shape index (κ2) is 6.09. The fraction of sp³-hybridized carbons (Fsp3) is 0.500. The average Bonchev–Trinajstić information content (AvgIpc) is 2.06. The van der Waals surface area contributed by atoms with E-state index in [0.717, 1.165) is 0 Å². The Morgan fingerprint density at radius 2 is 2.42 bits per heavy atom. The highest BCUT2D eigenvalue weighted by molar-refractivity contribution is 6.42. The zero-order chi connectivity index (χ0) is 9.40. The van der Waals surface area contributed by atoms with Gasteiger partial charge in [-0.2, -0.15) is 5.26 Å². The minimum absolute atomic E-state index is 0.120. The molecular formula is C6H7FN2O3. The number of ether oxygens (including phenoxy) is 1. The van der Waals surface area contributed by atoms with Crippen molar-refractivity contribution in [3.8, 4) is 6.07 Å². The van der Waals surface area contributed by atoms with Gasteiger partial charge in [-0.05, 0) is 6.92 Å². The number of halogens is 1. The van der Waals surface area contributed by atoms with Crippen LogP contribution in [0.2, 0.25) is 0 Å². The molecule has 0 aliphatic carbocycles. The maximum atomic E-state index is 11.3. The molecule has 0 unspecified atom stereocenters. The molecule has 6 heteroatoms. The lowest BCUT2D eigenvalue weighted by Crippen LogP contribution is -2.16. The van der Waals surface area contributed by atoms with Crippen LogP contribution in [0.25, 0.3) is 0 Å². The Morgan fingerprint density at radius 1 is 1.75 bits per heavy atom. The summed E-state index contributed by atoms with van der Waals surface area (Å²) in [5, 5.41) is 11.2. The summed E-state index contributed by atoms with van der Waals surface area (Å²) < 4.78 is 15.7. The van der Waals surface area contributed by atoms with Gasteiger partial charge in [0.15, 0.2) is 0 Å². The lowest BCUT2D eigenvalue weighted by atomic mass is 10.4. The van der Waals surface area contributed by atoms with Gasteiger partial charge in [-0.25, -0.2) is 9.18 Å². The molecule has 0 atom stereocenters. The third-order valence-electron chi connectivity index (χ3n) is 0.779. The van der Waals surface area contributed by atoms with E-state index < -0.39 is 18.5 Å². The number of hydrogen-bond donors (Lipinski definition) is 0. The highest BCUT2D eigenvalue weighted by Gasteiger charge is 2.12. The quantitative estimate of drug-likeness (QED) is 0.350. The van der Waals surface area contributed by atoms with Crippen LogP contribution in [0.5, 0.6) is 0 Å².